The van der Waals surface area contributed by atoms with Crippen molar-refractivity contribution in [3.63, 3.8) is 0 Å². The molecule has 0 aliphatic carbocycles. The maximum Gasteiger partial charge on any atom is 0.410 e. The molecule has 0 radical (unpaired) electrons. The van der Waals surface area contributed by atoms with Crippen LogP contribution in [0.4, 0.5) is 4.79 Å². The fourth-order valence-corrected chi connectivity index (χ4v) is 2.75. The van der Waals surface area contributed by atoms with E-state index < -0.39 is 11.2 Å². The van der Waals surface area contributed by atoms with Crippen molar-refractivity contribution in [2.45, 2.75) is 38.4 Å². The lowest BCUT2D eigenvalue weighted by atomic mass is 10.0. The molecule has 2 rings (SSSR count). The second-order valence-corrected chi connectivity index (χ2v) is 6.90. The van der Waals surface area contributed by atoms with Crippen LogP contribution in [0.3, 0.4) is 0 Å². The molecule has 2 aliphatic heterocycles. The van der Waals surface area contributed by atoms with Crippen LogP contribution in [0.5, 0.6) is 0 Å². The molecule has 1 unspecified atom stereocenters. The minimum absolute atomic E-state index is 0.325. The minimum atomic E-state index is -0.797. The Balaban J connectivity index is 1.85. The molecule has 1 atom stereocenters. The number of carbonyl (C=O) groups is 1. The fourth-order valence-electron chi connectivity index (χ4n) is 2.75. The highest BCUT2D eigenvalue weighted by Crippen LogP contribution is 2.24. The van der Waals surface area contributed by atoms with Gasteiger partial charge in [-0.1, -0.05) is 0 Å². The first kappa shape index (κ1) is 15.5. The standard InChI is InChI=1S/C14H27N3O3/c1-13(2,3)20-12(18)17-7-4-14(19,11-17)10-16-8-5-15-6-9-16/h15,19H,4-11H2,1-3H3. The van der Waals surface area contributed by atoms with Crippen molar-refractivity contribution in [1.82, 2.24) is 15.1 Å². The Hall–Kier alpha value is -0.850. The van der Waals surface area contributed by atoms with Gasteiger partial charge >= 0.3 is 6.09 Å². The normalized spacial score (nSPS) is 28.7. The Morgan fingerprint density at radius 1 is 1.30 bits per heavy atom. The van der Waals surface area contributed by atoms with Crippen molar-refractivity contribution in [3.05, 3.63) is 0 Å². The van der Waals surface area contributed by atoms with Crippen LogP contribution < -0.4 is 5.32 Å². The largest absolute Gasteiger partial charge is 0.444 e. The molecule has 1 amide bonds. The Kier molecular flexibility index (Phi) is 4.56. The molecule has 20 heavy (non-hydrogen) atoms. The predicted molar refractivity (Wildman–Crippen MR) is 76.7 cm³/mol. The average molecular weight is 285 g/mol. The monoisotopic (exact) mass is 285 g/mol. The lowest BCUT2D eigenvalue weighted by Crippen LogP contribution is -2.52. The van der Waals surface area contributed by atoms with E-state index in [4.69, 9.17) is 4.74 Å². The maximum atomic E-state index is 12.0. The van der Waals surface area contributed by atoms with Crippen LogP contribution >= 0.6 is 0 Å². The zero-order valence-corrected chi connectivity index (χ0v) is 12.8. The van der Waals surface area contributed by atoms with Crippen LogP contribution in [0.15, 0.2) is 0 Å². The van der Waals surface area contributed by atoms with E-state index in [1.165, 1.54) is 0 Å². The molecule has 0 aromatic carbocycles. The summed E-state index contributed by atoms with van der Waals surface area (Å²) in [6.07, 6.45) is 0.296. The molecule has 2 saturated heterocycles. The number of carbonyl (C=O) groups excluding carboxylic acids is 1. The Morgan fingerprint density at radius 3 is 2.55 bits per heavy atom. The van der Waals surface area contributed by atoms with Crippen LogP contribution in [0.1, 0.15) is 27.2 Å². The summed E-state index contributed by atoms with van der Waals surface area (Å²) in [6.45, 7) is 11.0. The minimum Gasteiger partial charge on any atom is -0.444 e. The number of nitrogens with zero attached hydrogens (tertiary/aromatic N) is 2. The van der Waals surface area contributed by atoms with Gasteiger partial charge in [0.2, 0.25) is 0 Å². The molecule has 2 heterocycles. The van der Waals surface area contributed by atoms with Gasteiger partial charge in [-0.25, -0.2) is 4.79 Å². The third kappa shape index (κ3) is 4.33. The molecule has 116 valence electrons. The lowest BCUT2D eigenvalue weighted by molar-refractivity contribution is -0.00208. The number of hydrogen-bond donors (Lipinski definition) is 2. The highest BCUT2D eigenvalue weighted by atomic mass is 16.6. The quantitative estimate of drug-likeness (QED) is 0.762. The van der Waals surface area contributed by atoms with Gasteiger partial charge < -0.3 is 20.1 Å². The molecule has 0 bridgehead atoms. The Bertz CT molecular complexity index is 350. The van der Waals surface area contributed by atoms with Crippen LogP contribution in [-0.2, 0) is 4.74 Å². The molecular weight excluding hydrogens is 258 g/mol. The van der Waals surface area contributed by atoms with E-state index in [-0.39, 0.29) is 6.09 Å². The summed E-state index contributed by atoms with van der Waals surface area (Å²) in [5.74, 6) is 0. The second-order valence-electron chi connectivity index (χ2n) is 6.90. The molecule has 6 nitrogen and oxygen atoms in total. The summed E-state index contributed by atoms with van der Waals surface area (Å²) in [6, 6.07) is 0. The van der Waals surface area contributed by atoms with Crippen LogP contribution in [0, 0.1) is 0 Å². The Morgan fingerprint density at radius 2 is 1.95 bits per heavy atom. The van der Waals surface area contributed by atoms with Gasteiger partial charge in [-0.3, -0.25) is 4.90 Å². The number of aliphatic hydroxyl groups is 1. The summed E-state index contributed by atoms with van der Waals surface area (Å²) in [5, 5.41) is 13.9. The number of ether oxygens (including phenoxy) is 1. The predicted octanol–water partition coefficient (Wildman–Crippen LogP) is 0.264. The third-order valence-corrected chi connectivity index (χ3v) is 3.71. The van der Waals surface area contributed by atoms with E-state index in [9.17, 15) is 9.90 Å². The first-order valence-electron chi connectivity index (χ1n) is 7.41. The van der Waals surface area contributed by atoms with E-state index in [1.54, 1.807) is 4.90 Å². The first-order chi connectivity index (χ1) is 9.27. The number of rotatable bonds is 2. The fraction of sp³-hybridized carbons (Fsp3) is 0.929. The number of β-amino-alcohol motifs (C(OH)–C–C–N with tert-alkyl or cyclic N) is 1. The van der Waals surface area contributed by atoms with Crippen molar-refractivity contribution in [2.75, 3.05) is 45.8 Å². The molecule has 0 aromatic heterocycles. The third-order valence-electron chi connectivity index (χ3n) is 3.71. The van der Waals surface area contributed by atoms with Gasteiger partial charge in [-0.15, -0.1) is 0 Å². The van der Waals surface area contributed by atoms with Crippen molar-refractivity contribution >= 4 is 6.09 Å². The van der Waals surface area contributed by atoms with Gasteiger partial charge in [-0.05, 0) is 27.2 Å². The highest BCUT2D eigenvalue weighted by molar-refractivity contribution is 5.68. The smallest absolute Gasteiger partial charge is 0.410 e. The van der Waals surface area contributed by atoms with E-state index in [1.807, 2.05) is 20.8 Å². The van der Waals surface area contributed by atoms with Gasteiger partial charge in [0.1, 0.15) is 5.60 Å². The van der Waals surface area contributed by atoms with E-state index in [0.29, 0.717) is 26.1 Å². The van der Waals surface area contributed by atoms with Crippen LogP contribution in [0.2, 0.25) is 0 Å². The number of nitrogens with one attached hydrogen (secondary N) is 1. The summed E-state index contributed by atoms with van der Waals surface area (Å²) in [7, 11) is 0. The molecule has 0 spiro atoms. The molecule has 2 N–H and O–H groups in total. The molecule has 6 heteroatoms. The van der Waals surface area contributed by atoms with Crippen molar-refractivity contribution in [3.8, 4) is 0 Å². The molecule has 0 saturated carbocycles. The number of amides is 1. The Labute approximate surface area is 121 Å². The summed E-state index contributed by atoms with van der Waals surface area (Å²) >= 11 is 0. The number of hydrogen-bond acceptors (Lipinski definition) is 5. The summed E-state index contributed by atoms with van der Waals surface area (Å²) in [5.41, 5.74) is -1.29. The van der Waals surface area contributed by atoms with Gasteiger partial charge in [0.25, 0.3) is 0 Å². The second kappa shape index (κ2) is 5.87. The highest BCUT2D eigenvalue weighted by Gasteiger charge is 2.40. The van der Waals surface area contributed by atoms with Crippen molar-refractivity contribution < 1.29 is 14.6 Å². The van der Waals surface area contributed by atoms with E-state index in [0.717, 1.165) is 26.2 Å². The average Bonchev–Trinajstić information content (AvgIpc) is 2.71. The SMILES string of the molecule is CC(C)(C)OC(=O)N1CCC(O)(CN2CCNCC2)C1. The van der Waals surface area contributed by atoms with E-state index >= 15 is 0 Å². The van der Waals surface area contributed by atoms with Crippen molar-refractivity contribution in [1.29, 1.82) is 0 Å². The number of likely N-dealkylation sites (tertiary alicyclic amines) is 1. The molecular formula is C14H27N3O3. The van der Waals surface area contributed by atoms with Crippen LogP contribution in [-0.4, -0.2) is 78.0 Å². The number of piperazine rings is 1. The molecule has 0 aromatic rings. The summed E-state index contributed by atoms with van der Waals surface area (Å²) < 4.78 is 5.36. The lowest BCUT2D eigenvalue weighted by Gasteiger charge is -2.34. The van der Waals surface area contributed by atoms with Crippen molar-refractivity contribution in [2.24, 2.45) is 0 Å². The van der Waals surface area contributed by atoms with Gasteiger partial charge in [0.05, 0.1) is 12.1 Å². The zero-order chi connectivity index (χ0) is 14.8. The van der Waals surface area contributed by atoms with Gasteiger partial charge in [-0.2, -0.15) is 0 Å². The topological polar surface area (TPSA) is 65.0 Å². The maximum absolute atomic E-state index is 12.0. The molecule has 2 aliphatic rings. The molecule has 2 fully saturated rings. The van der Waals surface area contributed by atoms with Gasteiger partial charge in [0.15, 0.2) is 0 Å². The van der Waals surface area contributed by atoms with E-state index in [2.05, 4.69) is 10.2 Å². The summed E-state index contributed by atoms with van der Waals surface area (Å²) in [4.78, 5) is 15.9. The first-order valence-corrected chi connectivity index (χ1v) is 7.41. The zero-order valence-electron chi connectivity index (χ0n) is 12.8. The van der Waals surface area contributed by atoms with Crippen LogP contribution in [0.25, 0.3) is 0 Å². The van der Waals surface area contributed by atoms with Gasteiger partial charge in [0, 0.05) is 39.3 Å².